The van der Waals surface area contributed by atoms with Crippen molar-refractivity contribution in [3.63, 3.8) is 0 Å². The van der Waals surface area contributed by atoms with Gasteiger partial charge in [0.05, 0.1) is 16.8 Å². The van der Waals surface area contributed by atoms with E-state index >= 15 is 0 Å². The second-order valence-electron chi connectivity index (χ2n) is 8.20. The third-order valence-electron chi connectivity index (χ3n) is 6.10. The summed E-state index contributed by atoms with van der Waals surface area (Å²) in [5, 5.41) is 2.02. The number of hydrogen-bond acceptors (Lipinski definition) is 2. The van der Waals surface area contributed by atoms with E-state index in [-0.39, 0.29) is 5.56 Å². The molecule has 2 aromatic heterocycles. The average Bonchev–Trinajstić information content (AvgIpc) is 2.88. The third kappa shape index (κ3) is 3.53. The van der Waals surface area contributed by atoms with E-state index in [4.69, 9.17) is 4.98 Å². The first kappa shape index (κ1) is 20.6. The SMILES string of the molecule is O=c1[nH]c2ccc(Br)cc2c(-c2ccccc2)c1-c1cc(-c2ccccc2)c2ccccc2n1. The summed E-state index contributed by atoms with van der Waals surface area (Å²) in [6.07, 6.45) is 0. The highest BCUT2D eigenvalue weighted by Crippen LogP contribution is 2.38. The number of rotatable bonds is 3. The standard InChI is InChI=1S/C30H19BrN2O/c31-21-15-16-26-24(17-21)28(20-11-5-2-6-12-20)29(30(34)33-26)27-18-23(19-9-3-1-4-10-19)22-13-7-8-14-25(22)32-27/h1-18H,(H,33,34). The van der Waals surface area contributed by atoms with Gasteiger partial charge in [-0.05, 0) is 47.0 Å². The Labute approximate surface area is 204 Å². The molecule has 0 radical (unpaired) electrons. The number of aromatic nitrogens is 2. The van der Waals surface area contributed by atoms with Crippen LogP contribution in [0.15, 0.2) is 118 Å². The van der Waals surface area contributed by atoms with Crippen LogP contribution >= 0.6 is 15.9 Å². The lowest BCUT2D eigenvalue weighted by Crippen LogP contribution is -2.12. The van der Waals surface area contributed by atoms with E-state index in [2.05, 4.69) is 45.2 Å². The van der Waals surface area contributed by atoms with Crippen molar-refractivity contribution in [2.45, 2.75) is 0 Å². The summed E-state index contributed by atoms with van der Waals surface area (Å²) < 4.78 is 0.951. The molecule has 0 aliphatic heterocycles. The molecule has 6 aromatic rings. The molecule has 0 aliphatic rings. The van der Waals surface area contributed by atoms with E-state index in [1.807, 2.05) is 84.9 Å². The first-order valence-corrected chi connectivity index (χ1v) is 11.8. The van der Waals surface area contributed by atoms with Crippen molar-refractivity contribution < 1.29 is 0 Å². The molecule has 0 aliphatic carbocycles. The zero-order chi connectivity index (χ0) is 23.1. The molecule has 0 unspecified atom stereocenters. The molecule has 162 valence electrons. The molecule has 2 heterocycles. The number of hydrogen-bond donors (Lipinski definition) is 1. The summed E-state index contributed by atoms with van der Waals surface area (Å²) in [5.74, 6) is 0. The lowest BCUT2D eigenvalue weighted by molar-refractivity contribution is 1.28. The number of halogens is 1. The van der Waals surface area contributed by atoms with Gasteiger partial charge in [-0.1, -0.05) is 94.8 Å². The number of para-hydroxylation sites is 1. The lowest BCUT2D eigenvalue weighted by Gasteiger charge is -2.15. The molecule has 0 atom stereocenters. The van der Waals surface area contributed by atoms with E-state index in [0.29, 0.717) is 11.3 Å². The Kier molecular flexibility index (Phi) is 5.08. The van der Waals surface area contributed by atoms with Gasteiger partial charge in [0.2, 0.25) is 0 Å². The number of fused-ring (bicyclic) bond motifs is 2. The van der Waals surface area contributed by atoms with Crippen LogP contribution in [0.25, 0.3) is 55.3 Å². The van der Waals surface area contributed by atoms with Gasteiger partial charge in [0, 0.05) is 26.3 Å². The van der Waals surface area contributed by atoms with E-state index in [1.54, 1.807) is 0 Å². The fourth-order valence-electron chi connectivity index (χ4n) is 4.57. The first-order valence-electron chi connectivity index (χ1n) is 11.1. The summed E-state index contributed by atoms with van der Waals surface area (Å²) in [7, 11) is 0. The van der Waals surface area contributed by atoms with Crippen LogP contribution < -0.4 is 5.56 Å². The first-order chi connectivity index (χ1) is 16.7. The van der Waals surface area contributed by atoms with Crippen molar-refractivity contribution in [1.82, 2.24) is 9.97 Å². The summed E-state index contributed by atoms with van der Waals surface area (Å²) in [4.78, 5) is 21.7. The van der Waals surface area contributed by atoms with Gasteiger partial charge in [-0.15, -0.1) is 0 Å². The molecule has 34 heavy (non-hydrogen) atoms. The summed E-state index contributed by atoms with van der Waals surface area (Å²) in [6, 6.07) is 36.3. The van der Waals surface area contributed by atoms with Crippen LogP contribution in [0.5, 0.6) is 0 Å². The number of benzene rings is 4. The maximum atomic E-state index is 13.6. The largest absolute Gasteiger partial charge is 0.321 e. The normalized spacial score (nSPS) is 11.2. The van der Waals surface area contributed by atoms with Gasteiger partial charge < -0.3 is 4.98 Å². The molecule has 0 fully saturated rings. The molecule has 0 bridgehead atoms. The van der Waals surface area contributed by atoms with Crippen molar-refractivity contribution in [2.24, 2.45) is 0 Å². The number of aromatic amines is 1. The van der Waals surface area contributed by atoms with E-state index < -0.39 is 0 Å². The van der Waals surface area contributed by atoms with Crippen molar-refractivity contribution in [3.8, 4) is 33.5 Å². The highest BCUT2D eigenvalue weighted by molar-refractivity contribution is 9.10. The number of nitrogens with one attached hydrogen (secondary N) is 1. The van der Waals surface area contributed by atoms with Crippen molar-refractivity contribution in [3.05, 3.63) is 124 Å². The number of H-pyrrole nitrogens is 1. The van der Waals surface area contributed by atoms with Gasteiger partial charge in [-0.2, -0.15) is 0 Å². The minimum absolute atomic E-state index is 0.157. The van der Waals surface area contributed by atoms with E-state index in [0.717, 1.165) is 48.5 Å². The van der Waals surface area contributed by atoms with Crippen LogP contribution in [0.1, 0.15) is 0 Å². The van der Waals surface area contributed by atoms with Crippen LogP contribution in [0, 0.1) is 0 Å². The van der Waals surface area contributed by atoms with Gasteiger partial charge in [0.15, 0.2) is 0 Å². The molecule has 4 aromatic carbocycles. The zero-order valence-corrected chi connectivity index (χ0v) is 19.7. The summed E-state index contributed by atoms with van der Waals surface area (Å²) in [5.41, 5.74) is 6.70. The number of pyridine rings is 2. The molecule has 6 rings (SSSR count). The molecular formula is C30H19BrN2O. The second-order valence-corrected chi connectivity index (χ2v) is 9.11. The quantitative estimate of drug-likeness (QED) is 0.267. The summed E-state index contributed by atoms with van der Waals surface area (Å²) >= 11 is 3.61. The van der Waals surface area contributed by atoms with E-state index in [9.17, 15) is 4.79 Å². The molecule has 0 amide bonds. The van der Waals surface area contributed by atoms with Crippen LogP contribution in [0.3, 0.4) is 0 Å². The topological polar surface area (TPSA) is 45.8 Å². The van der Waals surface area contributed by atoms with Crippen LogP contribution in [0.2, 0.25) is 0 Å². The van der Waals surface area contributed by atoms with Gasteiger partial charge in [-0.25, -0.2) is 4.98 Å². The highest BCUT2D eigenvalue weighted by atomic mass is 79.9. The fourth-order valence-corrected chi connectivity index (χ4v) is 4.94. The molecule has 4 heteroatoms. The van der Waals surface area contributed by atoms with Crippen LogP contribution in [-0.4, -0.2) is 9.97 Å². The Bertz CT molecular complexity index is 1720. The van der Waals surface area contributed by atoms with Crippen molar-refractivity contribution >= 4 is 37.7 Å². The Morgan fingerprint density at radius 1 is 0.647 bits per heavy atom. The molecule has 0 saturated heterocycles. The molecule has 3 nitrogen and oxygen atoms in total. The molecule has 0 saturated carbocycles. The number of nitrogens with zero attached hydrogens (tertiary/aromatic N) is 1. The second kappa shape index (κ2) is 8.40. The zero-order valence-electron chi connectivity index (χ0n) is 18.1. The smallest absolute Gasteiger partial charge is 0.258 e. The van der Waals surface area contributed by atoms with Crippen LogP contribution in [-0.2, 0) is 0 Å². The van der Waals surface area contributed by atoms with Crippen molar-refractivity contribution in [2.75, 3.05) is 0 Å². The van der Waals surface area contributed by atoms with Gasteiger partial charge in [0.1, 0.15) is 0 Å². The Morgan fingerprint density at radius 2 is 1.32 bits per heavy atom. The molecule has 1 N–H and O–H groups in total. The fraction of sp³-hybridized carbons (Fsp3) is 0. The molecule has 0 spiro atoms. The van der Waals surface area contributed by atoms with E-state index in [1.165, 1.54) is 0 Å². The van der Waals surface area contributed by atoms with Crippen LogP contribution in [0.4, 0.5) is 0 Å². The Morgan fingerprint density at radius 3 is 2.09 bits per heavy atom. The van der Waals surface area contributed by atoms with Crippen molar-refractivity contribution in [1.29, 1.82) is 0 Å². The molecular weight excluding hydrogens is 484 g/mol. The predicted octanol–water partition coefficient (Wildman–Crippen LogP) is 7.84. The minimum atomic E-state index is -0.157. The van der Waals surface area contributed by atoms with Gasteiger partial charge >= 0.3 is 0 Å². The van der Waals surface area contributed by atoms with Gasteiger partial charge in [-0.3, -0.25) is 4.79 Å². The van der Waals surface area contributed by atoms with Gasteiger partial charge in [0.25, 0.3) is 5.56 Å². The third-order valence-corrected chi connectivity index (χ3v) is 6.59. The Balaban J connectivity index is 1.75. The minimum Gasteiger partial charge on any atom is -0.321 e. The maximum Gasteiger partial charge on any atom is 0.258 e. The summed E-state index contributed by atoms with van der Waals surface area (Å²) in [6.45, 7) is 0. The monoisotopic (exact) mass is 502 g/mol. The Hall–Kier alpha value is -4.02. The highest BCUT2D eigenvalue weighted by Gasteiger charge is 2.19. The predicted molar refractivity (Wildman–Crippen MR) is 144 cm³/mol. The maximum absolute atomic E-state index is 13.6. The lowest BCUT2D eigenvalue weighted by atomic mass is 9.92. The average molecular weight is 503 g/mol.